The summed E-state index contributed by atoms with van der Waals surface area (Å²) in [7, 11) is 1.66. The summed E-state index contributed by atoms with van der Waals surface area (Å²) in [5, 5.41) is 9.79. The van der Waals surface area contributed by atoms with Gasteiger partial charge in [-0.25, -0.2) is 0 Å². The van der Waals surface area contributed by atoms with E-state index < -0.39 is 0 Å². The molecule has 3 heteroatoms. The standard InChI is InChI=1S/C13H19NO2/c1-10(11-6-4-3-5-7-11)14-8-12(15)13(9-14)16-2/h3-7,10,12-13,15H,8-9H2,1-2H3/t10-,12+,13+/m0/s1. The topological polar surface area (TPSA) is 32.7 Å². The lowest BCUT2D eigenvalue weighted by Gasteiger charge is -2.24. The predicted octanol–water partition coefficient (Wildman–Crippen LogP) is 1.44. The molecule has 0 unspecified atom stereocenters. The Morgan fingerprint density at radius 1 is 1.31 bits per heavy atom. The molecule has 88 valence electrons. The molecule has 0 bridgehead atoms. The molecule has 1 aromatic rings. The van der Waals surface area contributed by atoms with E-state index in [-0.39, 0.29) is 12.2 Å². The maximum absolute atomic E-state index is 9.79. The van der Waals surface area contributed by atoms with E-state index in [9.17, 15) is 5.11 Å². The highest BCUT2D eigenvalue weighted by Crippen LogP contribution is 2.25. The van der Waals surface area contributed by atoms with Gasteiger partial charge in [-0.1, -0.05) is 30.3 Å². The van der Waals surface area contributed by atoms with Crippen LogP contribution in [0.1, 0.15) is 18.5 Å². The zero-order valence-electron chi connectivity index (χ0n) is 9.84. The van der Waals surface area contributed by atoms with Gasteiger partial charge in [0, 0.05) is 26.2 Å². The van der Waals surface area contributed by atoms with E-state index in [0.717, 1.165) is 6.54 Å². The van der Waals surface area contributed by atoms with Crippen molar-refractivity contribution in [3.8, 4) is 0 Å². The Balaban J connectivity index is 2.04. The van der Waals surface area contributed by atoms with Gasteiger partial charge in [-0.15, -0.1) is 0 Å². The minimum Gasteiger partial charge on any atom is -0.389 e. The van der Waals surface area contributed by atoms with Crippen LogP contribution in [0, 0.1) is 0 Å². The van der Waals surface area contributed by atoms with Gasteiger partial charge in [0.2, 0.25) is 0 Å². The van der Waals surface area contributed by atoms with E-state index in [1.165, 1.54) is 5.56 Å². The minimum absolute atomic E-state index is 0.0498. The molecule has 3 nitrogen and oxygen atoms in total. The molecule has 2 rings (SSSR count). The van der Waals surface area contributed by atoms with Crippen molar-refractivity contribution in [2.45, 2.75) is 25.2 Å². The summed E-state index contributed by atoms with van der Waals surface area (Å²) in [6, 6.07) is 10.7. The first-order valence-electron chi connectivity index (χ1n) is 5.72. The molecule has 1 aliphatic rings. The normalized spacial score (nSPS) is 28.2. The monoisotopic (exact) mass is 221 g/mol. The smallest absolute Gasteiger partial charge is 0.0969 e. The minimum atomic E-state index is -0.365. The molecule has 3 atom stereocenters. The maximum atomic E-state index is 9.79. The number of benzene rings is 1. The van der Waals surface area contributed by atoms with Crippen molar-refractivity contribution < 1.29 is 9.84 Å². The molecule has 1 aromatic carbocycles. The van der Waals surface area contributed by atoms with Crippen LogP contribution in [-0.2, 0) is 4.74 Å². The second-order valence-corrected chi connectivity index (χ2v) is 4.38. The highest BCUT2D eigenvalue weighted by molar-refractivity contribution is 5.18. The average Bonchev–Trinajstić information content (AvgIpc) is 2.71. The first-order chi connectivity index (χ1) is 7.72. The number of likely N-dealkylation sites (tertiary alicyclic amines) is 1. The van der Waals surface area contributed by atoms with Gasteiger partial charge < -0.3 is 9.84 Å². The number of methoxy groups -OCH3 is 1. The Labute approximate surface area is 96.6 Å². The number of hydrogen-bond acceptors (Lipinski definition) is 3. The fourth-order valence-corrected chi connectivity index (χ4v) is 2.28. The first kappa shape index (κ1) is 11.6. The van der Waals surface area contributed by atoms with Crippen molar-refractivity contribution in [1.29, 1.82) is 0 Å². The zero-order chi connectivity index (χ0) is 11.5. The van der Waals surface area contributed by atoms with Crippen LogP contribution in [0.5, 0.6) is 0 Å². The van der Waals surface area contributed by atoms with E-state index >= 15 is 0 Å². The summed E-state index contributed by atoms with van der Waals surface area (Å²) in [6.07, 6.45) is -0.415. The van der Waals surface area contributed by atoms with Crippen LogP contribution >= 0.6 is 0 Å². The van der Waals surface area contributed by atoms with Crippen LogP contribution in [0.2, 0.25) is 0 Å². The van der Waals surface area contributed by atoms with Crippen molar-refractivity contribution in [1.82, 2.24) is 4.90 Å². The van der Waals surface area contributed by atoms with E-state index in [0.29, 0.717) is 12.6 Å². The molecule has 0 radical (unpaired) electrons. The Morgan fingerprint density at radius 2 is 2.00 bits per heavy atom. The Bertz CT molecular complexity index is 328. The quantitative estimate of drug-likeness (QED) is 0.838. The van der Waals surface area contributed by atoms with Crippen LogP contribution in [0.4, 0.5) is 0 Å². The molecule has 0 aromatic heterocycles. The van der Waals surface area contributed by atoms with Crippen LogP contribution < -0.4 is 0 Å². The van der Waals surface area contributed by atoms with E-state index in [4.69, 9.17) is 4.74 Å². The molecule has 1 saturated heterocycles. The fraction of sp³-hybridized carbons (Fsp3) is 0.538. The summed E-state index contributed by atoms with van der Waals surface area (Å²) >= 11 is 0. The maximum Gasteiger partial charge on any atom is 0.0969 e. The molecule has 1 heterocycles. The van der Waals surface area contributed by atoms with Gasteiger partial charge in [0.25, 0.3) is 0 Å². The Morgan fingerprint density at radius 3 is 2.56 bits per heavy atom. The number of hydrogen-bond donors (Lipinski definition) is 1. The SMILES string of the molecule is CO[C@@H]1CN([C@@H](C)c2ccccc2)C[C@H]1O. The zero-order valence-corrected chi connectivity index (χ0v) is 9.84. The highest BCUT2D eigenvalue weighted by Gasteiger charge is 2.33. The Kier molecular flexibility index (Phi) is 3.59. The fourth-order valence-electron chi connectivity index (χ4n) is 2.28. The van der Waals surface area contributed by atoms with E-state index in [1.807, 2.05) is 18.2 Å². The van der Waals surface area contributed by atoms with Gasteiger partial charge in [0.1, 0.15) is 0 Å². The third-order valence-corrected chi connectivity index (χ3v) is 3.40. The number of rotatable bonds is 3. The average molecular weight is 221 g/mol. The lowest BCUT2D eigenvalue weighted by molar-refractivity contribution is 0.0214. The second-order valence-electron chi connectivity index (χ2n) is 4.38. The molecule has 16 heavy (non-hydrogen) atoms. The third kappa shape index (κ3) is 2.26. The summed E-state index contributed by atoms with van der Waals surface area (Å²) in [4.78, 5) is 2.26. The third-order valence-electron chi connectivity index (χ3n) is 3.40. The molecule has 0 aliphatic carbocycles. The number of aliphatic hydroxyl groups excluding tert-OH is 1. The van der Waals surface area contributed by atoms with E-state index in [1.54, 1.807) is 7.11 Å². The molecule has 0 spiro atoms. The summed E-state index contributed by atoms with van der Waals surface area (Å²) in [6.45, 7) is 3.66. The molecule has 1 fully saturated rings. The van der Waals surface area contributed by atoms with Gasteiger partial charge in [0.05, 0.1) is 12.2 Å². The van der Waals surface area contributed by atoms with Crippen molar-refractivity contribution in [3.63, 3.8) is 0 Å². The Hall–Kier alpha value is -0.900. The summed E-state index contributed by atoms with van der Waals surface area (Å²) in [5.74, 6) is 0. The van der Waals surface area contributed by atoms with Gasteiger partial charge in [-0.05, 0) is 12.5 Å². The molecular weight excluding hydrogens is 202 g/mol. The number of nitrogens with zero attached hydrogens (tertiary/aromatic N) is 1. The summed E-state index contributed by atoms with van der Waals surface area (Å²) in [5.41, 5.74) is 1.28. The predicted molar refractivity (Wildman–Crippen MR) is 63.2 cm³/mol. The number of aliphatic hydroxyl groups is 1. The number of β-amino-alcohol motifs (C(OH)–C–C–N with tert-alkyl or cyclic N) is 1. The molecule has 1 N–H and O–H groups in total. The van der Waals surface area contributed by atoms with Gasteiger partial charge in [-0.2, -0.15) is 0 Å². The van der Waals surface area contributed by atoms with Gasteiger partial charge >= 0.3 is 0 Å². The van der Waals surface area contributed by atoms with Crippen LogP contribution in [0.25, 0.3) is 0 Å². The van der Waals surface area contributed by atoms with Crippen LogP contribution in [0.15, 0.2) is 30.3 Å². The molecule has 0 amide bonds. The van der Waals surface area contributed by atoms with Gasteiger partial charge in [-0.3, -0.25) is 4.90 Å². The lowest BCUT2D eigenvalue weighted by Crippen LogP contribution is -2.26. The van der Waals surface area contributed by atoms with Crippen molar-refractivity contribution in [2.75, 3.05) is 20.2 Å². The molecule has 1 aliphatic heterocycles. The highest BCUT2D eigenvalue weighted by atomic mass is 16.5. The lowest BCUT2D eigenvalue weighted by atomic mass is 10.1. The van der Waals surface area contributed by atoms with Crippen LogP contribution in [-0.4, -0.2) is 42.4 Å². The van der Waals surface area contributed by atoms with E-state index in [2.05, 4.69) is 24.0 Å². The van der Waals surface area contributed by atoms with Crippen molar-refractivity contribution in [2.24, 2.45) is 0 Å². The molecular formula is C13H19NO2. The summed E-state index contributed by atoms with van der Waals surface area (Å²) < 4.78 is 5.25. The van der Waals surface area contributed by atoms with Gasteiger partial charge in [0.15, 0.2) is 0 Å². The van der Waals surface area contributed by atoms with Crippen LogP contribution in [0.3, 0.4) is 0 Å². The second kappa shape index (κ2) is 4.95. The largest absolute Gasteiger partial charge is 0.389 e. The first-order valence-corrected chi connectivity index (χ1v) is 5.72. The number of ether oxygens (including phenoxy) is 1. The molecule has 0 saturated carbocycles. The van der Waals surface area contributed by atoms with Crippen molar-refractivity contribution >= 4 is 0 Å². The van der Waals surface area contributed by atoms with Crippen molar-refractivity contribution in [3.05, 3.63) is 35.9 Å².